The molecule has 0 saturated heterocycles. The second kappa shape index (κ2) is 9.00. The molecule has 8 aromatic rings. The number of thioether (sulfide) groups is 1. The maximum Gasteiger partial charge on any atom is 0.103 e. The molecule has 41 heavy (non-hydrogen) atoms. The van der Waals surface area contributed by atoms with Crippen LogP contribution in [0.5, 0.6) is 0 Å². The fourth-order valence-corrected chi connectivity index (χ4v) is 9.11. The average Bonchev–Trinajstić information content (AvgIpc) is 3.73. The van der Waals surface area contributed by atoms with E-state index in [0.29, 0.717) is 0 Å². The summed E-state index contributed by atoms with van der Waals surface area (Å²) in [4.78, 5) is 1.35. The van der Waals surface area contributed by atoms with Crippen molar-refractivity contribution >= 4 is 70.8 Å². The lowest BCUT2D eigenvalue weighted by Gasteiger charge is -2.13. The Labute approximate surface area is 245 Å². The highest BCUT2D eigenvalue weighted by molar-refractivity contribution is 8.00. The zero-order chi connectivity index (χ0) is 26.9. The molecule has 0 amide bonds. The topological polar surface area (TPSA) is 17.0 Å². The van der Waals surface area contributed by atoms with Crippen LogP contribution in [-0.4, -0.2) is 4.57 Å². The molecule has 0 fully saturated rings. The molecule has 2 nitrogen and oxygen atoms in total. The van der Waals surface area contributed by atoms with Crippen LogP contribution in [0.25, 0.3) is 58.8 Å². The summed E-state index contributed by atoms with van der Waals surface area (Å²) < 4.78 is 5.11. The summed E-state index contributed by atoms with van der Waals surface area (Å²) in [6.45, 7) is 0. The van der Waals surface area contributed by atoms with Gasteiger partial charge in [-0.2, -0.15) is 0 Å². The highest BCUT2D eigenvalue weighted by Gasteiger charge is 2.30. The van der Waals surface area contributed by atoms with Gasteiger partial charge < -0.3 is 9.88 Å². The number of rotatable bonds is 3. The Morgan fingerprint density at radius 2 is 1.32 bits per heavy atom. The van der Waals surface area contributed by atoms with Gasteiger partial charge in [0, 0.05) is 47.1 Å². The Kier molecular flexibility index (Phi) is 5.10. The minimum absolute atomic E-state index is 0.108. The largest absolute Gasteiger partial charge is 0.368 e. The zero-order valence-electron chi connectivity index (χ0n) is 22.0. The van der Waals surface area contributed by atoms with Gasteiger partial charge in [0.15, 0.2) is 0 Å². The average molecular weight is 561 g/mol. The Morgan fingerprint density at radius 3 is 2.17 bits per heavy atom. The SMILES string of the molecule is c1ccc(-c2cc3c(c4c2sc2ccccc24)SC(c2cccc4c2c2ccccc2n4-c2ccccc2)N3)cc1. The van der Waals surface area contributed by atoms with Gasteiger partial charge in [0.25, 0.3) is 0 Å². The van der Waals surface area contributed by atoms with Crippen LogP contribution in [0.4, 0.5) is 5.69 Å². The summed E-state index contributed by atoms with van der Waals surface area (Å²) in [6, 6.07) is 48.3. The van der Waals surface area contributed by atoms with E-state index in [1.807, 2.05) is 23.1 Å². The second-order valence-electron chi connectivity index (χ2n) is 10.5. The van der Waals surface area contributed by atoms with Gasteiger partial charge >= 0.3 is 0 Å². The smallest absolute Gasteiger partial charge is 0.103 e. The van der Waals surface area contributed by atoms with Gasteiger partial charge in [-0.15, -0.1) is 11.3 Å². The molecule has 9 rings (SSSR count). The van der Waals surface area contributed by atoms with Crippen molar-refractivity contribution < 1.29 is 0 Å². The van der Waals surface area contributed by atoms with Gasteiger partial charge in [-0.3, -0.25) is 0 Å². The van der Waals surface area contributed by atoms with E-state index in [1.165, 1.54) is 74.9 Å². The van der Waals surface area contributed by atoms with Gasteiger partial charge in [-0.1, -0.05) is 109 Å². The molecule has 0 radical (unpaired) electrons. The lowest BCUT2D eigenvalue weighted by molar-refractivity contribution is 1.15. The van der Waals surface area contributed by atoms with Crippen LogP contribution < -0.4 is 5.32 Å². The van der Waals surface area contributed by atoms with Crippen LogP contribution >= 0.6 is 23.1 Å². The highest BCUT2D eigenvalue weighted by atomic mass is 32.2. The van der Waals surface area contributed by atoms with Crippen LogP contribution in [0.2, 0.25) is 0 Å². The van der Waals surface area contributed by atoms with Crippen molar-refractivity contribution in [3.05, 3.63) is 139 Å². The van der Waals surface area contributed by atoms with Crippen molar-refractivity contribution in [2.75, 3.05) is 5.32 Å². The van der Waals surface area contributed by atoms with Crippen LogP contribution in [0, 0.1) is 0 Å². The molecule has 1 N–H and O–H groups in total. The summed E-state index contributed by atoms with van der Waals surface area (Å²) in [6.07, 6.45) is 0. The van der Waals surface area contributed by atoms with Crippen molar-refractivity contribution in [3.63, 3.8) is 0 Å². The number of anilines is 1. The van der Waals surface area contributed by atoms with Gasteiger partial charge in [0.1, 0.15) is 5.37 Å². The van der Waals surface area contributed by atoms with E-state index in [2.05, 4.69) is 143 Å². The van der Waals surface area contributed by atoms with E-state index >= 15 is 0 Å². The molecule has 1 atom stereocenters. The van der Waals surface area contributed by atoms with Crippen molar-refractivity contribution in [2.24, 2.45) is 0 Å². The molecule has 0 saturated carbocycles. The molecule has 0 spiro atoms. The highest BCUT2D eigenvalue weighted by Crippen LogP contribution is 2.56. The zero-order valence-corrected chi connectivity index (χ0v) is 23.7. The number of fused-ring (bicyclic) bond motifs is 8. The quantitative estimate of drug-likeness (QED) is 0.231. The van der Waals surface area contributed by atoms with E-state index in [9.17, 15) is 0 Å². The summed E-state index contributed by atoms with van der Waals surface area (Å²) in [7, 11) is 0. The van der Waals surface area contributed by atoms with E-state index in [-0.39, 0.29) is 5.37 Å². The molecule has 3 heterocycles. The first kappa shape index (κ1) is 23.2. The third-order valence-corrected chi connectivity index (χ3v) is 10.7. The van der Waals surface area contributed by atoms with E-state index in [0.717, 1.165) is 0 Å². The first-order chi connectivity index (χ1) is 20.3. The molecule has 194 valence electrons. The molecular weight excluding hydrogens is 537 g/mol. The molecule has 2 aromatic heterocycles. The van der Waals surface area contributed by atoms with Crippen molar-refractivity contribution in [2.45, 2.75) is 10.3 Å². The number of thiophene rings is 1. The fraction of sp³-hybridized carbons (Fsp3) is 0.0270. The van der Waals surface area contributed by atoms with Gasteiger partial charge in [0.05, 0.1) is 16.7 Å². The number of nitrogens with zero attached hydrogens (tertiary/aromatic N) is 1. The van der Waals surface area contributed by atoms with Crippen molar-refractivity contribution in [1.82, 2.24) is 4.57 Å². The maximum atomic E-state index is 3.97. The molecule has 0 bridgehead atoms. The van der Waals surface area contributed by atoms with Crippen LogP contribution in [0.3, 0.4) is 0 Å². The maximum absolute atomic E-state index is 3.97. The standard InChI is InChI=1S/C37H24N2S2/c1-3-12-23(13-4-1)28-22-29-36(34-26-17-8-10-21-32(26)40-35(28)34)41-37(38-29)27-18-11-20-31-33(27)25-16-7-9-19-30(25)39(31)24-14-5-2-6-15-24/h1-22,37-38H. The fourth-order valence-electron chi connectivity index (χ4n) is 6.48. The number of benzene rings is 6. The summed E-state index contributed by atoms with van der Waals surface area (Å²) in [5.74, 6) is 0. The number of aromatic nitrogens is 1. The molecule has 1 aliphatic heterocycles. The van der Waals surface area contributed by atoms with Crippen molar-refractivity contribution in [3.8, 4) is 16.8 Å². The number of nitrogens with one attached hydrogen (secondary N) is 1. The summed E-state index contributed by atoms with van der Waals surface area (Å²) in [5, 5.41) is 9.41. The molecule has 1 unspecified atom stereocenters. The Bertz CT molecular complexity index is 2260. The second-order valence-corrected chi connectivity index (χ2v) is 12.7. The number of hydrogen-bond donors (Lipinski definition) is 1. The van der Waals surface area contributed by atoms with Crippen LogP contribution in [-0.2, 0) is 0 Å². The van der Waals surface area contributed by atoms with Gasteiger partial charge in [-0.05, 0) is 47.5 Å². The minimum Gasteiger partial charge on any atom is -0.368 e. The molecule has 6 aromatic carbocycles. The first-order valence-electron chi connectivity index (χ1n) is 13.9. The van der Waals surface area contributed by atoms with Gasteiger partial charge in [0.2, 0.25) is 0 Å². The molecular formula is C37H24N2S2. The van der Waals surface area contributed by atoms with E-state index < -0.39 is 0 Å². The predicted molar refractivity (Wildman–Crippen MR) is 178 cm³/mol. The Balaban J connectivity index is 1.28. The minimum atomic E-state index is 0.108. The van der Waals surface area contributed by atoms with E-state index in [4.69, 9.17) is 0 Å². The van der Waals surface area contributed by atoms with Gasteiger partial charge in [-0.25, -0.2) is 0 Å². The Morgan fingerprint density at radius 1 is 0.610 bits per heavy atom. The van der Waals surface area contributed by atoms with Crippen molar-refractivity contribution in [1.29, 1.82) is 0 Å². The summed E-state index contributed by atoms with van der Waals surface area (Å²) in [5.41, 5.74) is 8.76. The monoisotopic (exact) mass is 560 g/mol. The van der Waals surface area contributed by atoms with Crippen LogP contribution in [0.1, 0.15) is 10.9 Å². The normalized spacial score (nSPS) is 14.7. The Hall–Kier alpha value is -4.51. The molecule has 4 heteroatoms. The molecule has 0 aliphatic carbocycles. The third kappa shape index (κ3) is 3.45. The molecule has 1 aliphatic rings. The number of hydrogen-bond acceptors (Lipinski definition) is 3. The predicted octanol–water partition coefficient (Wildman–Crippen LogP) is 11.0. The first-order valence-corrected chi connectivity index (χ1v) is 15.6. The third-order valence-electron chi connectivity index (χ3n) is 8.23. The lowest BCUT2D eigenvalue weighted by Crippen LogP contribution is -2.02. The lowest BCUT2D eigenvalue weighted by atomic mass is 10.0. The van der Waals surface area contributed by atoms with E-state index in [1.54, 1.807) is 0 Å². The van der Waals surface area contributed by atoms with Crippen LogP contribution in [0.15, 0.2) is 138 Å². The summed E-state index contributed by atoms with van der Waals surface area (Å²) >= 11 is 3.86. The number of para-hydroxylation sites is 2.